The summed E-state index contributed by atoms with van der Waals surface area (Å²) >= 11 is 4.27. The molecule has 0 N–H and O–H groups in total. The van der Waals surface area contributed by atoms with Gasteiger partial charge in [0, 0.05) is 44.4 Å². The largest absolute Gasteiger partial charge is 0.342 e. The SMILES string of the molecule is O=C1CC(CS)CN1CC1CC(=O)N(C2CC2)C1. The van der Waals surface area contributed by atoms with Crippen molar-refractivity contribution in [1.29, 1.82) is 0 Å². The molecule has 0 aromatic carbocycles. The van der Waals surface area contributed by atoms with E-state index in [2.05, 4.69) is 12.6 Å². The normalized spacial score (nSPS) is 32.7. The van der Waals surface area contributed by atoms with Gasteiger partial charge in [-0.15, -0.1) is 0 Å². The first-order valence-electron chi connectivity index (χ1n) is 6.85. The molecule has 2 saturated heterocycles. The molecule has 3 aliphatic rings. The molecule has 5 heteroatoms. The second kappa shape index (κ2) is 4.76. The Morgan fingerprint density at radius 1 is 1.06 bits per heavy atom. The van der Waals surface area contributed by atoms with Crippen molar-refractivity contribution in [3.8, 4) is 0 Å². The van der Waals surface area contributed by atoms with Crippen LogP contribution < -0.4 is 0 Å². The standard InChI is InChI=1S/C13H20N2O2S/c16-12-4-10(8-18)6-14(12)5-9-3-13(17)15(7-9)11-1-2-11/h9-11,18H,1-8H2. The first-order chi connectivity index (χ1) is 8.67. The van der Waals surface area contributed by atoms with Gasteiger partial charge in [-0.1, -0.05) is 0 Å². The number of rotatable bonds is 4. The van der Waals surface area contributed by atoms with Gasteiger partial charge in [0.05, 0.1) is 0 Å². The minimum absolute atomic E-state index is 0.242. The van der Waals surface area contributed by atoms with Gasteiger partial charge in [0.1, 0.15) is 0 Å². The lowest BCUT2D eigenvalue weighted by Gasteiger charge is -2.21. The van der Waals surface area contributed by atoms with E-state index in [1.807, 2.05) is 9.80 Å². The van der Waals surface area contributed by atoms with Crippen LogP contribution >= 0.6 is 12.6 Å². The zero-order valence-electron chi connectivity index (χ0n) is 10.5. The van der Waals surface area contributed by atoms with E-state index in [0.29, 0.717) is 36.6 Å². The van der Waals surface area contributed by atoms with Crippen molar-refractivity contribution in [2.24, 2.45) is 11.8 Å². The third-order valence-corrected chi connectivity index (χ3v) is 4.77. The molecule has 0 aromatic heterocycles. The molecule has 0 radical (unpaired) electrons. The van der Waals surface area contributed by atoms with Crippen molar-refractivity contribution in [2.45, 2.75) is 31.7 Å². The summed E-state index contributed by atoms with van der Waals surface area (Å²) in [5, 5.41) is 0. The zero-order valence-corrected chi connectivity index (χ0v) is 11.4. The topological polar surface area (TPSA) is 40.6 Å². The van der Waals surface area contributed by atoms with Crippen LogP contribution in [-0.4, -0.2) is 53.0 Å². The van der Waals surface area contributed by atoms with Gasteiger partial charge < -0.3 is 9.80 Å². The molecule has 2 amide bonds. The monoisotopic (exact) mass is 268 g/mol. The Labute approximate surface area is 113 Å². The fourth-order valence-corrected chi connectivity index (χ4v) is 3.38. The third-order valence-electron chi connectivity index (χ3n) is 4.26. The van der Waals surface area contributed by atoms with E-state index in [4.69, 9.17) is 0 Å². The maximum Gasteiger partial charge on any atom is 0.223 e. The van der Waals surface area contributed by atoms with Crippen molar-refractivity contribution in [1.82, 2.24) is 9.80 Å². The van der Waals surface area contributed by atoms with Crippen LogP contribution in [0.1, 0.15) is 25.7 Å². The summed E-state index contributed by atoms with van der Waals surface area (Å²) in [6.07, 6.45) is 3.61. The first kappa shape index (κ1) is 12.3. The number of hydrogen-bond acceptors (Lipinski definition) is 3. The Morgan fingerprint density at radius 2 is 1.78 bits per heavy atom. The molecule has 3 fully saturated rings. The highest BCUT2D eigenvalue weighted by molar-refractivity contribution is 7.80. The molecule has 2 heterocycles. The predicted octanol–water partition coefficient (Wildman–Crippen LogP) is 0.776. The molecule has 4 nitrogen and oxygen atoms in total. The number of hydrogen-bond donors (Lipinski definition) is 1. The molecular formula is C13H20N2O2S. The summed E-state index contributed by atoms with van der Waals surface area (Å²) in [4.78, 5) is 27.7. The molecule has 2 unspecified atom stereocenters. The molecule has 2 aliphatic heterocycles. The summed E-state index contributed by atoms with van der Waals surface area (Å²) in [6, 6.07) is 0.516. The van der Waals surface area contributed by atoms with E-state index < -0.39 is 0 Å². The van der Waals surface area contributed by atoms with Gasteiger partial charge in [-0.25, -0.2) is 0 Å². The van der Waals surface area contributed by atoms with Gasteiger partial charge in [-0.3, -0.25) is 9.59 Å². The molecule has 2 atom stereocenters. The quantitative estimate of drug-likeness (QED) is 0.765. The van der Waals surface area contributed by atoms with Crippen LogP contribution in [0.15, 0.2) is 0 Å². The molecule has 0 aromatic rings. The van der Waals surface area contributed by atoms with Crippen molar-refractivity contribution in [2.75, 3.05) is 25.4 Å². The van der Waals surface area contributed by atoms with E-state index in [9.17, 15) is 9.59 Å². The minimum Gasteiger partial charge on any atom is -0.342 e. The molecule has 0 spiro atoms. The van der Waals surface area contributed by atoms with Gasteiger partial charge in [-0.05, 0) is 24.5 Å². The van der Waals surface area contributed by atoms with Gasteiger partial charge in [0.2, 0.25) is 11.8 Å². The summed E-state index contributed by atoms with van der Waals surface area (Å²) < 4.78 is 0. The Balaban J connectivity index is 1.54. The molecule has 0 bridgehead atoms. The van der Waals surface area contributed by atoms with Crippen LogP contribution in [0.25, 0.3) is 0 Å². The molecular weight excluding hydrogens is 248 g/mol. The maximum atomic E-state index is 11.9. The van der Waals surface area contributed by atoms with Gasteiger partial charge in [-0.2, -0.15) is 12.6 Å². The van der Waals surface area contributed by atoms with Gasteiger partial charge >= 0.3 is 0 Å². The second-order valence-electron chi connectivity index (χ2n) is 5.90. The number of nitrogens with zero attached hydrogens (tertiary/aromatic N) is 2. The lowest BCUT2D eigenvalue weighted by atomic mass is 10.1. The van der Waals surface area contributed by atoms with Crippen LogP contribution in [0.4, 0.5) is 0 Å². The lowest BCUT2D eigenvalue weighted by molar-refractivity contribution is -0.129. The van der Waals surface area contributed by atoms with Crippen LogP contribution in [0.3, 0.4) is 0 Å². The fourth-order valence-electron chi connectivity index (χ4n) is 3.13. The summed E-state index contributed by atoms with van der Waals surface area (Å²) in [5.74, 6) is 2.06. The molecule has 3 rings (SSSR count). The second-order valence-corrected chi connectivity index (χ2v) is 6.26. The Bertz CT molecular complexity index is 370. The van der Waals surface area contributed by atoms with Crippen LogP contribution in [0.2, 0.25) is 0 Å². The highest BCUT2D eigenvalue weighted by Crippen LogP contribution is 2.33. The highest BCUT2D eigenvalue weighted by atomic mass is 32.1. The van der Waals surface area contributed by atoms with Crippen molar-refractivity contribution in [3.05, 3.63) is 0 Å². The summed E-state index contributed by atoms with van der Waals surface area (Å²) in [5.41, 5.74) is 0. The predicted molar refractivity (Wildman–Crippen MR) is 71.4 cm³/mol. The average molecular weight is 268 g/mol. The van der Waals surface area contributed by atoms with Crippen molar-refractivity contribution >= 4 is 24.4 Å². The highest BCUT2D eigenvalue weighted by Gasteiger charge is 2.40. The van der Waals surface area contributed by atoms with Crippen LogP contribution in [0, 0.1) is 11.8 Å². The molecule has 1 saturated carbocycles. The number of carbonyl (C=O) groups excluding carboxylic acids is 2. The Morgan fingerprint density at radius 3 is 2.39 bits per heavy atom. The Kier molecular flexibility index (Phi) is 3.26. The first-order valence-corrected chi connectivity index (χ1v) is 7.48. The van der Waals surface area contributed by atoms with E-state index in [1.165, 1.54) is 12.8 Å². The van der Waals surface area contributed by atoms with E-state index in [-0.39, 0.29) is 5.91 Å². The maximum absolute atomic E-state index is 11.9. The van der Waals surface area contributed by atoms with E-state index in [1.54, 1.807) is 0 Å². The van der Waals surface area contributed by atoms with Gasteiger partial charge in [0.15, 0.2) is 0 Å². The third kappa shape index (κ3) is 2.37. The molecule has 100 valence electrons. The minimum atomic E-state index is 0.242. The molecule has 1 aliphatic carbocycles. The van der Waals surface area contributed by atoms with Crippen molar-refractivity contribution in [3.63, 3.8) is 0 Å². The number of thiol groups is 1. The van der Waals surface area contributed by atoms with E-state index >= 15 is 0 Å². The average Bonchev–Trinajstić information content (AvgIpc) is 3.04. The number of carbonyl (C=O) groups is 2. The van der Waals surface area contributed by atoms with Crippen LogP contribution in [-0.2, 0) is 9.59 Å². The fraction of sp³-hybridized carbons (Fsp3) is 0.846. The summed E-state index contributed by atoms with van der Waals surface area (Å²) in [7, 11) is 0. The number of amides is 2. The lowest BCUT2D eigenvalue weighted by Crippen LogP contribution is -2.33. The smallest absolute Gasteiger partial charge is 0.223 e. The molecule has 18 heavy (non-hydrogen) atoms. The zero-order chi connectivity index (χ0) is 12.7. The Hall–Kier alpha value is -0.710. The number of likely N-dealkylation sites (tertiary alicyclic amines) is 2. The van der Waals surface area contributed by atoms with Gasteiger partial charge in [0.25, 0.3) is 0 Å². The van der Waals surface area contributed by atoms with Crippen LogP contribution in [0.5, 0.6) is 0 Å². The van der Waals surface area contributed by atoms with E-state index in [0.717, 1.165) is 25.4 Å². The van der Waals surface area contributed by atoms with Crippen molar-refractivity contribution < 1.29 is 9.59 Å². The summed E-state index contributed by atoms with van der Waals surface area (Å²) in [6.45, 7) is 2.45.